The summed E-state index contributed by atoms with van der Waals surface area (Å²) in [5.41, 5.74) is 0.492. The molecule has 1 atom stereocenters. The Morgan fingerprint density at radius 2 is 2.29 bits per heavy atom. The van der Waals surface area contributed by atoms with Crippen molar-refractivity contribution in [3.05, 3.63) is 22.7 Å². The zero-order chi connectivity index (χ0) is 10.6. The number of hydrogen-bond donors (Lipinski definition) is 2. The first-order chi connectivity index (χ1) is 6.65. The van der Waals surface area contributed by atoms with Gasteiger partial charge in [-0.1, -0.05) is 13.0 Å². The normalized spacial score (nSPS) is 12.4. The van der Waals surface area contributed by atoms with Crippen molar-refractivity contribution >= 4 is 32.6 Å². The van der Waals surface area contributed by atoms with Crippen LogP contribution in [0.3, 0.4) is 0 Å². The highest BCUT2D eigenvalue weighted by molar-refractivity contribution is 9.10. The van der Waals surface area contributed by atoms with Gasteiger partial charge in [-0.25, -0.2) is 4.21 Å². The number of nitrogens with one attached hydrogen (secondary N) is 1. The minimum absolute atomic E-state index is 0.0944. The Morgan fingerprint density at radius 3 is 2.93 bits per heavy atom. The van der Waals surface area contributed by atoms with Crippen molar-refractivity contribution in [2.24, 2.45) is 0 Å². The Labute approximate surface area is 94.2 Å². The Kier molecular flexibility index (Phi) is 4.41. The third kappa shape index (κ3) is 2.99. The summed E-state index contributed by atoms with van der Waals surface area (Å²) >= 11 is 3.19. The van der Waals surface area contributed by atoms with Crippen LogP contribution in [0.4, 0.5) is 5.69 Å². The van der Waals surface area contributed by atoms with Crippen LogP contribution < -0.4 is 4.72 Å². The molecule has 0 bridgehead atoms. The molecule has 0 aliphatic rings. The van der Waals surface area contributed by atoms with Crippen molar-refractivity contribution in [3.8, 4) is 5.75 Å². The van der Waals surface area contributed by atoms with Crippen LogP contribution in [-0.4, -0.2) is 15.1 Å². The third-order valence-corrected chi connectivity index (χ3v) is 3.47. The topological polar surface area (TPSA) is 49.3 Å². The summed E-state index contributed by atoms with van der Waals surface area (Å²) in [7, 11) is -1.12. The Balaban J connectivity index is 2.76. The zero-order valence-corrected chi connectivity index (χ0v) is 10.2. The van der Waals surface area contributed by atoms with Gasteiger partial charge in [-0.05, 0) is 34.5 Å². The summed E-state index contributed by atoms with van der Waals surface area (Å²) < 4.78 is 14.7. The fourth-order valence-electron chi connectivity index (χ4n) is 0.957. The maximum Gasteiger partial charge on any atom is 0.153 e. The molecule has 1 unspecified atom stereocenters. The van der Waals surface area contributed by atoms with Crippen LogP contribution in [0.2, 0.25) is 0 Å². The highest BCUT2D eigenvalue weighted by atomic mass is 79.9. The molecule has 1 aromatic rings. The maximum absolute atomic E-state index is 11.3. The summed E-state index contributed by atoms with van der Waals surface area (Å²) in [5.74, 6) is 0.670. The third-order valence-electron chi connectivity index (χ3n) is 1.60. The molecule has 14 heavy (non-hydrogen) atoms. The van der Waals surface area contributed by atoms with Crippen LogP contribution >= 0.6 is 15.9 Å². The quantitative estimate of drug-likeness (QED) is 0.832. The van der Waals surface area contributed by atoms with Gasteiger partial charge in [0.2, 0.25) is 0 Å². The van der Waals surface area contributed by atoms with Gasteiger partial charge in [-0.3, -0.25) is 0 Å². The number of phenols is 1. The van der Waals surface area contributed by atoms with Gasteiger partial charge in [-0.15, -0.1) is 0 Å². The van der Waals surface area contributed by atoms with Crippen LogP contribution in [-0.2, 0) is 11.0 Å². The molecule has 0 radical (unpaired) electrons. The van der Waals surface area contributed by atoms with E-state index in [1.54, 1.807) is 18.2 Å². The molecule has 78 valence electrons. The molecule has 0 aliphatic heterocycles. The summed E-state index contributed by atoms with van der Waals surface area (Å²) in [5, 5.41) is 9.57. The van der Waals surface area contributed by atoms with Gasteiger partial charge in [0.05, 0.1) is 10.2 Å². The Morgan fingerprint density at radius 1 is 1.57 bits per heavy atom. The highest BCUT2D eigenvalue weighted by Crippen LogP contribution is 2.31. The van der Waals surface area contributed by atoms with E-state index in [-0.39, 0.29) is 5.75 Å². The summed E-state index contributed by atoms with van der Waals surface area (Å²) in [6.07, 6.45) is 0.842. The molecule has 0 aromatic heterocycles. The van der Waals surface area contributed by atoms with Crippen molar-refractivity contribution in [3.63, 3.8) is 0 Å². The average Bonchev–Trinajstić information content (AvgIpc) is 2.13. The van der Waals surface area contributed by atoms with Crippen LogP contribution in [0.15, 0.2) is 22.7 Å². The summed E-state index contributed by atoms with van der Waals surface area (Å²) in [6, 6.07) is 5.19. The second-order valence-electron chi connectivity index (χ2n) is 2.79. The van der Waals surface area contributed by atoms with Gasteiger partial charge in [0, 0.05) is 5.75 Å². The first-order valence-electron chi connectivity index (χ1n) is 4.27. The fraction of sp³-hybridized carbons (Fsp3) is 0.333. The molecular weight excluding hydrogens is 266 g/mol. The summed E-state index contributed by atoms with van der Waals surface area (Å²) in [4.78, 5) is 0. The minimum atomic E-state index is -1.12. The number of hydrogen-bond acceptors (Lipinski definition) is 2. The Hall–Kier alpha value is -0.550. The molecule has 1 aromatic carbocycles. The lowest BCUT2D eigenvalue weighted by molar-refractivity contribution is 0.474. The van der Waals surface area contributed by atoms with E-state index in [0.717, 1.165) is 6.42 Å². The second-order valence-corrected chi connectivity index (χ2v) is 4.95. The van der Waals surface area contributed by atoms with E-state index in [0.29, 0.717) is 15.9 Å². The minimum Gasteiger partial charge on any atom is -0.505 e. The van der Waals surface area contributed by atoms with E-state index >= 15 is 0 Å². The first-order valence-corrected chi connectivity index (χ1v) is 6.39. The number of halogens is 1. The summed E-state index contributed by atoms with van der Waals surface area (Å²) in [6.45, 7) is 1.96. The van der Waals surface area contributed by atoms with Crippen molar-refractivity contribution < 1.29 is 9.32 Å². The van der Waals surface area contributed by atoms with Gasteiger partial charge in [0.1, 0.15) is 11.0 Å². The van der Waals surface area contributed by atoms with Crippen LogP contribution in [0, 0.1) is 0 Å². The van der Waals surface area contributed by atoms with Gasteiger partial charge in [-0.2, -0.15) is 0 Å². The van der Waals surface area contributed by atoms with Crippen molar-refractivity contribution in [1.29, 1.82) is 0 Å². The Bertz CT molecular complexity index is 344. The van der Waals surface area contributed by atoms with Crippen LogP contribution in [0.1, 0.15) is 13.3 Å². The van der Waals surface area contributed by atoms with E-state index in [4.69, 9.17) is 0 Å². The van der Waals surface area contributed by atoms with Crippen LogP contribution in [0.5, 0.6) is 5.75 Å². The van der Waals surface area contributed by atoms with Crippen molar-refractivity contribution in [1.82, 2.24) is 0 Å². The molecule has 0 saturated carbocycles. The molecule has 2 N–H and O–H groups in total. The lowest BCUT2D eigenvalue weighted by Crippen LogP contribution is -2.07. The number of benzene rings is 1. The van der Waals surface area contributed by atoms with Crippen molar-refractivity contribution in [2.45, 2.75) is 13.3 Å². The number of rotatable bonds is 4. The molecule has 3 nitrogen and oxygen atoms in total. The number of para-hydroxylation sites is 1. The van der Waals surface area contributed by atoms with Crippen molar-refractivity contribution in [2.75, 3.05) is 10.5 Å². The largest absolute Gasteiger partial charge is 0.505 e. The van der Waals surface area contributed by atoms with E-state index in [9.17, 15) is 9.32 Å². The molecule has 0 heterocycles. The molecule has 0 fully saturated rings. The SMILES string of the molecule is CCCS(=O)Nc1cccc(Br)c1O. The van der Waals surface area contributed by atoms with Gasteiger partial charge < -0.3 is 9.83 Å². The van der Waals surface area contributed by atoms with E-state index in [1.807, 2.05) is 6.92 Å². The predicted molar refractivity (Wildman–Crippen MR) is 62.7 cm³/mol. The van der Waals surface area contributed by atoms with E-state index in [1.165, 1.54) is 0 Å². The van der Waals surface area contributed by atoms with Crippen LogP contribution in [0.25, 0.3) is 0 Å². The molecule has 0 aliphatic carbocycles. The molecule has 0 spiro atoms. The lowest BCUT2D eigenvalue weighted by Gasteiger charge is -2.07. The smallest absolute Gasteiger partial charge is 0.153 e. The van der Waals surface area contributed by atoms with Gasteiger partial charge in [0.25, 0.3) is 0 Å². The van der Waals surface area contributed by atoms with E-state index < -0.39 is 11.0 Å². The molecule has 1 rings (SSSR count). The number of aromatic hydroxyl groups is 1. The monoisotopic (exact) mass is 277 g/mol. The maximum atomic E-state index is 11.3. The fourth-order valence-corrected chi connectivity index (χ4v) is 2.21. The lowest BCUT2D eigenvalue weighted by atomic mass is 10.3. The molecule has 0 amide bonds. The second kappa shape index (κ2) is 5.36. The van der Waals surface area contributed by atoms with E-state index in [2.05, 4.69) is 20.7 Å². The van der Waals surface area contributed by atoms with Gasteiger partial charge in [0.15, 0.2) is 5.75 Å². The standard InChI is InChI=1S/C9H12BrNO2S/c1-2-6-14(13)11-8-5-3-4-7(10)9(8)12/h3-5,11-12H,2,6H2,1H3. The highest BCUT2D eigenvalue weighted by Gasteiger charge is 2.06. The molecule has 0 saturated heterocycles. The van der Waals surface area contributed by atoms with Gasteiger partial charge >= 0.3 is 0 Å². The molecular formula is C9H12BrNO2S. The molecule has 5 heteroatoms. The average molecular weight is 278 g/mol. The number of phenolic OH excluding ortho intramolecular Hbond substituents is 1. The number of anilines is 1. The first kappa shape index (κ1) is 11.5. The zero-order valence-electron chi connectivity index (χ0n) is 7.79. The predicted octanol–water partition coefficient (Wildman–Crippen LogP) is 2.64.